The normalized spacial score (nSPS) is 13.1. The van der Waals surface area contributed by atoms with Crippen molar-refractivity contribution in [1.82, 2.24) is 5.32 Å². The Hall–Kier alpha value is -0.820. The summed E-state index contributed by atoms with van der Waals surface area (Å²) in [5.74, 6) is 0.742. The molecule has 1 N–H and O–H groups in total. The number of nitrogens with one attached hydrogen (secondary N) is 1. The summed E-state index contributed by atoms with van der Waals surface area (Å²) in [6.45, 7) is 6.76. The monoisotopic (exact) mass is 219 g/mol. The highest BCUT2D eigenvalue weighted by Crippen LogP contribution is 2.11. The zero-order valence-electron chi connectivity index (χ0n) is 11.1. The van der Waals surface area contributed by atoms with Crippen LogP contribution < -0.4 is 5.32 Å². The molecule has 0 saturated heterocycles. The molecule has 1 unspecified atom stereocenters. The Morgan fingerprint density at radius 2 is 1.50 bits per heavy atom. The lowest BCUT2D eigenvalue weighted by molar-refractivity contribution is 0.543. The first-order valence-electron chi connectivity index (χ1n) is 6.40. The highest BCUT2D eigenvalue weighted by Gasteiger charge is 2.04. The minimum atomic E-state index is 0.607. The maximum Gasteiger partial charge on any atom is 0.0102 e. The van der Waals surface area contributed by atoms with Crippen LogP contribution in [-0.4, -0.2) is 13.1 Å². The van der Waals surface area contributed by atoms with Gasteiger partial charge in [-0.25, -0.2) is 0 Å². The summed E-state index contributed by atoms with van der Waals surface area (Å²) in [5.41, 5.74) is 2.89. The molecule has 1 rings (SSSR count). The fourth-order valence-corrected chi connectivity index (χ4v) is 2.02. The van der Waals surface area contributed by atoms with E-state index in [1.807, 2.05) is 7.05 Å². The van der Waals surface area contributed by atoms with Crippen molar-refractivity contribution < 1.29 is 0 Å². The lowest BCUT2D eigenvalue weighted by atomic mass is 9.99. The Labute approximate surface area is 100 Å². The lowest BCUT2D eigenvalue weighted by Gasteiger charge is -2.14. The third-order valence-electron chi connectivity index (χ3n) is 3.05. The number of rotatable bonds is 6. The van der Waals surface area contributed by atoms with Crippen LogP contribution in [0, 0.1) is 5.92 Å². The van der Waals surface area contributed by atoms with E-state index >= 15 is 0 Å². The largest absolute Gasteiger partial charge is 0.317 e. The van der Waals surface area contributed by atoms with Crippen LogP contribution in [0.1, 0.15) is 38.3 Å². The summed E-state index contributed by atoms with van der Waals surface area (Å²) in [6.07, 6.45) is 3.50. The Bertz CT molecular complexity index is 283. The number of likely N-dealkylation sites (N-methyl/N-ethyl adjacent to an activating group) is 1. The van der Waals surface area contributed by atoms with Gasteiger partial charge in [0.2, 0.25) is 0 Å². The molecular weight excluding hydrogens is 194 g/mol. The summed E-state index contributed by atoms with van der Waals surface area (Å²) in [5, 5.41) is 3.35. The van der Waals surface area contributed by atoms with Crippen molar-refractivity contribution in [2.24, 2.45) is 5.92 Å². The highest BCUT2D eigenvalue weighted by atomic mass is 14.9. The summed E-state index contributed by atoms with van der Waals surface area (Å²) < 4.78 is 0. The quantitative estimate of drug-likeness (QED) is 0.773. The third kappa shape index (κ3) is 4.36. The zero-order valence-corrected chi connectivity index (χ0v) is 11.1. The fraction of sp³-hybridized carbons (Fsp3) is 0.600. The van der Waals surface area contributed by atoms with E-state index in [0.717, 1.165) is 12.3 Å². The molecule has 1 aromatic rings. The van der Waals surface area contributed by atoms with Crippen LogP contribution in [-0.2, 0) is 12.8 Å². The molecule has 0 aliphatic carbocycles. The Morgan fingerprint density at radius 3 is 1.88 bits per heavy atom. The molecule has 0 saturated carbocycles. The van der Waals surface area contributed by atoms with Gasteiger partial charge in [-0.2, -0.15) is 0 Å². The molecule has 0 fully saturated rings. The van der Waals surface area contributed by atoms with Gasteiger partial charge < -0.3 is 5.32 Å². The van der Waals surface area contributed by atoms with Crippen molar-refractivity contribution in [3.05, 3.63) is 35.4 Å². The molecule has 1 atom stereocenters. The first-order valence-corrected chi connectivity index (χ1v) is 6.40. The molecule has 16 heavy (non-hydrogen) atoms. The number of hydrogen-bond donors (Lipinski definition) is 1. The van der Waals surface area contributed by atoms with Gasteiger partial charge in [0.05, 0.1) is 0 Å². The van der Waals surface area contributed by atoms with Gasteiger partial charge in [0, 0.05) is 6.04 Å². The molecule has 1 heteroatoms. The van der Waals surface area contributed by atoms with Crippen LogP contribution in [0.2, 0.25) is 0 Å². The van der Waals surface area contributed by atoms with E-state index in [1.54, 1.807) is 0 Å². The van der Waals surface area contributed by atoms with E-state index in [1.165, 1.54) is 24.0 Å². The summed E-state index contributed by atoms with van der Waals surface area (Å²) >= 11 is 0. The van der Waals surface area contributed by atoms with Gasteiger partial charge >= 0.3 is 0 Å². The van der Waals surface area contributed by atoms with Crippen LogP contribution in [0.5, 0.6) is 0 Å². The highest BCUT2D eigenvalue weighted by molar-refractivity contribution is 5.23. The molecule has 0 spiro atoms. The molecule has 0 radical (unpaired) electrons. The molecule has 0 aliphatic heterocycles. The van der Waals surface area contributed by atoms with E-state index < -0.39 is 0 Å². The Balaban J connectivity index is 2.57. The number of benzene rings is 1. The predicted octanol–water partition coefficient (Wildman–Crippen LogP) is 3.43. The summed E-state index contributed by atoms with van der Waals surface area (Å²) in [6, 6.07) is 9.71. The van der Waals surface area contributed by atoms with Gasteiger partial charge in [0.1, 0.15) is 0 Å². The molecule has 1 nitrogen and oxygen atoms in total. The van der Waals surface area contributed by atoms with Crippen molar-refractivity contribution in [2.45, 2.75) is 46.1 Å². The first kappa shape index (κ1) is 13.2. The molecule has 0 aromatic heterocycles. The molecule has 1 aromatic carbocycles. The molecule has 90 valence electrons. The second kappa shape index (κ2) is 6.70. The van der Waals surface area contributed by atoms with Crippen molar-refractivity contribution >= 4 is 0 Å². The zero-order chi connectivity index (χ0) is 12.0. The van der Waals surface area contributed by atoms with E-state index in [2.05, 4.69) is 50.4 Å². The fourth-order valence-electron chi connectivity index (χ4n) is 2.02. The maximum atomic E-state index is 3.35. The van der Waals surface area contributed by atoms with Crippen LogP contribution in [0.25, 0.3) is 0 Å². The standard InChI is InChI=1S/C15H25N/c1-5-15(16-4)11-14-8-6-13(7-9-14)10-12(2)3/h6-9,12,15-16H,5,10-11H2,1-4H3. The van der Waals surface area contributed by atoms with Crippen molar-refractivity contribution in [3.63, 3.8) is 0 Å². The second-order valence-corrected chi connectivity index (χ2v) is 5.01. The molecule has 0 heterocycles. The summed E-state index contributed by atoms with van der Waals surface area (Å²) in [4.78, 5) is 0. The Kier molecular flexibility index (Phi) is 5.54. The number of hydrogen-bond acceptors (Lipinski definition) is 1. The topological polar surface area (TPSA) is 12.0 Å². The van der Waals surface area contributed by atoms with Gasteiger partial charge in [0.25, 0.3) is 0 Å². The van der Waals surface area contributed by atoms with Crippen molar-refractivity contribution in [3.8, 4) is 0 Å². The SMILES string of the molecule is CCC(Cc1ccc(CC(C)C)cc1)NC. The van der Waals surface area contributed by atoms with Gasteiger partial charge in [-0.15, -0.1) is 0 Å². The predicted molar refractivity (Wildman–Crippen MR) is 71.8 cm³/mol. The average molecular weight is 219 g/mol. The van der Waals surface area contributed by atoms with E-state index in [-0.39, 0.29) is 0 Å². The van der Waals surface area contributed by atoms with Gasteiger partial charge in [0.15, 0.2) is 0 Å². The van der Waals surface area contributed by atoms with E-state index in [4.69, 9.17) is 0 Å². The molecule has 0 aliphatic rings. The van der Waals surface area contributed by atoms with Gasteiger partial charge in [-0.1, -0.05) is 45.0 Å². The van der Waals surface area contributed by atoms with Crippen LogP contribution in [0.4, 0.5) is 0 Å². The second-order valence-electron chi connectivity index (χ2n) is 5.01. The molecule has 0 bridgehead atoms. The van der Waals surface area contributed by atoms with Crippen LogP contribution >= 0.6 is 0 Å². The van der Waals surface area contributed by atoms with Crippen molar-refractivity contribution in [1.29, 1.82) is 0 Å². The maximum absolute atomic E-state index is 3.35. The Morgan fingerprint density at radius 1 is 1.00 bits per heavy atom. The third-order valence-corrected chi connectivity index (χ3v) is 3.05. The van der Waals surface area contributed by atoms with Crippen molar-refractivity contribution in [2.75, 3.05) is 7.05 Å². The minimum absolute atomic E-state index is 0.607. The van der Waals surface area contributed by atoms with E-state index in [0.29, 0.717) is 6.04 Å². The molecule has 0 amide bonds. The van der Waals surface area contributed by atoms with Gasteiger partial charge in [-0.05, 0) is 43.4 Å². The summed E-state index contributed by atoms with van der Waals surface area (Å²) in [7, 11) is 2.04. The van der Waals surface area contributed by atoms with Gasteiger partial charge in [-0.3, -0.25) is 0 Å². The molecular formula is C15H25N. The van der Waals surface area contributed by atoms with E-state index in [9.17, 15) is 0 Å². The lowest BCUT2D eigenvalue weighted by Crippen LogP contribution is -2.26. The van der Waals surface area contributed by atoms with Crippen LogP contribution in [0.15, 0.2) is 24.3 Å². The minimum Gasteiger partial charge on any atom is -0.317 e. The first-order chi connectivity index (χ1) is 7.65. The smallest absolute Gasteiger partial charge is 0.0102 e. The average Bonchev–Trinajstić information content (AvgIpc) is 2.27. The van der Waals surface area contributed by atoms with Crippen LogP contribution in [0.3, 0.4) is 0 Å².